The van der Waals surface area contributed by atoms with Gasteiger partial charge >= 0.3 is 0 Å². The fourth-order valence-electron chi connectivity index (χ4n) is 1.62. The van der Waals surface area contributed by atoms with E-state index in [9.17, 15) is 10.1 Å². The minimum Gasteiger partial charge on any atom is -0.355 e. The summed E-state index contributed by atoms with van der Waals surface area (Å²) in [4.78, 5) is 10.5. The summed E-state index contributed by atoms with van der Waals surface area (Å²) < 4.78 is 10.3. The third-order valence-electron chi connectivity index (χ3n) is 2.65. The lowest BCUT2D eigenvalue weighted by Crippen LogP contribution is -2.44. The molecule has 0 radical (unpaired) electrons. The summed E-state index contributed by atoms with van der Waals surface area (Å²) in [6, 6.07) is 0. The third-order valence-corrected chi connectivity index (χ3v) is 2.65. The SMILES string of the molecule is COC1OCCC1C(C)(C)[N+](=O)[O-]. The molecule has 1 rings (SSSR count). The van der Waals surface area contributed by atoms with Crippen LogP contribution >= 0.6 is 0 Å². The van der Waals surface area contributed by atoms with Crippen molar-refractivity contribution in [3.05, 3.63) is 10.1 Å². The van der Waals surface area contributed by atoms with Crippen LogP contribution in [0, 0.1) is 16.0 Å². The summed E-state index contributed by atoms with van der Waals surface area (Å²) in [6.07, 6.45) is 0.257. The third kappa shape index (κ3) is 1.81. The molecule has 0 aliphatic carbocycles. The van der Waals surface area contributed by atoms with Crippen LogP contribution in [0.5, 0.6) is 0 Å². The zero-order chi connectivity index (χ0) is 10.1. The Morgan fingerprint density at radius 2 is 2.23 bits per heavy atom. The van der Waals surface area contributed by atoms with Gasteiger partial charge in [0.25, 0.3) is 0 Å². The molecular formula is C8H15NO4. The Balaban J connectivity index is 2.74. The molecule has 0 aromatic carbocycles. The van der Waals surface area contributed by atoms with Crippen molar-refractivity contribution >= 4 is 0 Å². The predicted molar refractivity (Wildman–Crippen MR) is 45.9 cm³/mol. The lowest BCUT2D eigenvalue weighted by molar-refractivity contribution is -0.574. The van der Waals surface area contributed by atoms with Crippen LogP contribution in [0.1, 0.15) is 20.3 Å². The van der Waals surface area contributed by atoms with E-state index in [2.05, 4.69) is 0 Å². The maximum absolute atomic E-state index is 10.8. The highest BCUT2D eigenvalue weighted by molar-refractivity contribution is 4.84. The lowest BCUT2D eigenvalue weighted by atomic mass is 9.86. The Kier molecular flexibility index (Phi) is 2.87. The van der Waals surface area contributed by atoms with Crippen LogP contribution in [-0.4, -0.2) is 30.5 Å². The van der Waals surface area contributed by atoms with Gasteiger partial charge in [-0.05, 0) is 6.42 Å². The Labute approximate surface area is 77.2 Å². The zero-order valence-electron chi connectivity index (χ0n) is 8.15. The summed E-state index contributed by atoms with van der Waals surface area (Å²) in [5.41, 5.74) is -0.975. The molecule has 1 fully saturated rings. The number of nitrogens with zero attached hydrogens (tertiary/aromatic N) is 1. The number of ether oxygens (including phenoxy) is 2. The van der Waals surface area contributed by atoms with Gasteiger partial charge in [0.1, 0.15) is 0 Å². The monoisotopic (exact) mass is 189 g/mol. The molecular weight excluding hydrogens is 174 g/mol. The normalized spacial score (nSPS) is 29.2. The van der Waals surface area contributed by atoms with E-state index in [0.717, 1.165) is 0 Å². The van der Waals surface area contributed by atoms with Gasteiger partial charge in [0.2, 0.25) is 5.54 Å². The number of hydrogen-bond donors (Lipinski definition) is 0. The molecule has 76 valence electrons. The van der Waals surface area contributed by atoms with E-state index in [0.29, 0.717) is 13.0 Å². The first-order valence-electron chi connectivity index (χ1n) is 4.29. The molecule has 5 nitrogen and oxygen atoms in total. The first-order chi connectivity index (χ1) is 6.00. The van der Waals surface area contributed by atoms with Gasteiger partial charge in [-0.1, -0.05) is 0 Å². The fourth-order valence-corrected chi connectivity index (χ4v) is 1.62. The molecule has 0 aromatic heterocycles. The van der Waals surface area contributed by atoms with Crippen LogP contribution in [0.4, 0.5) is 0 Å². The molecule has 0 bridgehead atoms. The first-order valence-corrected chi connectivity index (χ1v) is 4.29. The van der Waals surface area contributed by atoms with E-state index in [-0.39, 0.29) is 10.8 Å². The molecule has 0 N–H and O–H groups in total. The minimum absolute atomic E-state index is 0.160. The van der Waals surface area contributed by atoms with Crippen LogP contribution in [-0.2, 0) is 9.47 Å². The van der Waals surface area contributed by atoms with Gasteiger partial charge in [-0.25, -0.2) is 0 Å². The number of hydrogen-bond acceptors (Lipinski definition) is 4. The molecule has 2 atom stereocenters. The van der Waals surface area contributed by atoms with E-state index < -0.39 is 11.8 Å². The molecule has 1 aliphatic heterocycles. The highest BCUT2D eigenvalue weighted by Gasteiger charge is 2.48. The lowest BCUT2D eigenvalue weighted by Gasteiger charge is -2.25. The summed E-state index contributed by atoms with van der Waals surface area (Å²) in [5.74, 6) is -0.160. The number of methoxy groups -OCH3 is 1. The van der Waals surface area contributed by atoms with Crippen molar-refractivity contribution in [1.29, 1.82) is 0 Å². The fraction of sp³-hybridized carbons (Fsp3) is 1.00. The summed E-state index contributed by atoms with van der Waals surface area (Å²) in [5, 5.41) is 10.8. The molecule has 2 unspecified atom stereocenters. The highest BCUT2D eigenvalue weighted by Crippen LogP contribution is 2.33. The Bertz CT molecular complexity index is 204. The number of nitro groups is 1. The van der Waals surface area contributed by atoms with E-state index >= 15 is 0 Å². The van der Waals surface area contributed by atoms with Crippen LogP contribution in [0.25, 0.3) is 0 Å². The molecule has 13 heavy (non-hydrogen) atoms. The van der Waals surface area contributed by atoms with Crippen molar-refractivity contribution in [3.63, 3.8) is 0 Å². The summed E-state index contributed by atoms with van der Waals surface area (Å²) in [6.45, 7) is 3.76. The molecule has 5 heteroatoms. The zero-order valence-corrected chi connectivity index (χ0v) is 8.15. The second-order valence-corrected chi connectivity index (χ2v) is 3.78. The maximum Gasteiger partial charge on any atom is 0.224 e. The average molecular weight is 189 g/mol. The second-order valence-electron chi connectivity index (χ2n) is 3.78. The van der Waals surface area contributed by atoms with Gasteiger partial charge in [-0.15, -0.1) is 0 Å². The Morgan fingerprint density at radius 3 is 2.69 bits per heavy atom. The van der Waals surface area contributed by atoms with Crippen molar-refractivity contribution in [2.45, 2.75) is 32.1 Å². The summed E-state index contributed by atoms with van der Waals surface area (Å²) >= 11 is 0. The topological polar surface area (TPSA) is 61.6 Å². The molecule has 1 aliphatic rings. The van der Waals surface area contributed by atoms with Gasteiger partial charge in [-0.3, -0.25) is 10.1 Å². The molecule has 0 saturated carbocycles. The van der Waals surface area contributed by atoms with Gasteiger partial charge in [0, 0.05) is 25.9 Å². The molecule has 1 heterocycles. The predicted octanol–water partition coefficient (Wildman–Crippen LogP) is 1.05. The summed E-state index contributed by atoms with van der Waals surface area (Å²) in [7, 11) is 1.51. The minimum atomic E-state index is -0.975. The largest absolute Gasteiger partial charge is 0.355 e. The van der Waals surface area contributed by atoms with Gasteiger partial charge in [0.05, 0.1) is 12.5 Å². The van der Waals surface area contributed by atoms with Crippen molar-refractivity contribution in [2.75, 3.05) is 13.7 Å². The van der Waals surface area contributed by atoms with Crippen molar-refractivity contribution in [2.24, 2.45) is 5.92 Å². The van der Waals surface area contributed by atoms with Crippen molar-refractivity contribution in [1.82, 2.24) is 0 Å². The van der Waals surface area contributed by atoms with E-state index in [1.54, 1.807) is 13.8 Å². The Morgan fingerprint density at radius 1 is 1.62 bits per heavy atom. The van der Waals surface area contributed by atoms with E-state index in [1.807, 2.05) is 0 Å². The standard InChI is InChI=1S/C8H15NO4/c1-8(2,9(10)11)6-4-5-13-7(6)12-3/h6-7H,4-5H2,1-3H3. The van der Waals surface area contributed by atoms with Crippen LogP contribution in [0.2, 0.25) is 0 Å². The first kappa shape index (κ1) is 10.4. The van der Waals surface area contributed by atoms with Gasteiger partial charge in [0.15, 0.2) is 6.29 Å². The van der Waals surface area contributed by atoms with Crippen LogP contribution < -0.4 is 0 Å². The van der Waals surface area contributed by atoms with Crippen LogP contribution in [0.3, 0.4) is 0 Å². The number of rotatable bonds is 3. The maximum atomic E-state index is 10.8. The van der Waals surface area contributed by atoms with E-state index in [4.69, 9.17) is 9.47 Å². The molecule has 0 spiro atoms. The average Bonchev–Trinajstić information content (AvgIpc) is 2.51. The highest BCUT2D eigenvalue weighted by atomic mass is 16.7. The smallest absolute Gasteiger partial charge is 0.224 e. The van der Waals surface area contributed by atoms with Crippen LogP contribution in [0.15, 0.2) is 0 Å². The molecule has 0 amide bonds. The van der Waals surface area contributed by atoms with Gasteiger partial charge in [-0.2, -0.15) is 0 Å². The van der Waals surface area contributed by atoms with E-state index in [1.165, 1.54) is 7.11 Å². The van der Waals surface area contributed by atoms with Crippen molar-refractivity contribution in [3.8, 4) is 0 Å². The van der Waals surface area contributed by atoms with Crippen molar-refractivity contribution < 1.29 is 14.4 Å². The molecule has 0 aromatic rings. The second kappa shape index (κ2) is 3.59. The Hall–Kier alpha value is -0.680. The molecule has 1 saturated heterocycles. The quantitative estimate of drug-likeness (QED) is 0.491. The van der Waals surface area contributed by atoms with Gasteiger partial charge < -0.3 is 9.47 Å².